The molecule has 16 heavy (non-hydrogen) atoms. The lowest BCUT2D eigenvalue weighted by molar-refractivity contribution is -0.0245. The van der Waals surface area contributed by atoms with Crippen molar-refractivity contribution in [3.63, 3.8) is 0 Å². The molecule has 0 aliphatic carbocycles. The first-order valence-electron chi connectivity index (χ1n) is 6.54. The van der Waals surface area contributed by atoms with Crippen LogP contribution in [0, 0.1) is 5.41 Å². The van der Waals surface area contributed by atoms with Crippen LogP contribution in [-0.4, -0.2) is 50.8 Å². The van der Waals surface area contributed by atoms with Crippen molar-refractivity contribution < 1.29 is 4.74 Å². The quantitative estimate of drug-likeness (QED) is 0.749. The van der Waals surface area contributed by atoms with E-state index in [1.807, 2.05) is 0 Å². The highest BCUT2D eigenvalue weighted by atomic mass is 16.5. The topological polar surface area (TPSA) is 24.5 Å². The second kappa shape index (κ2) is 6.58. The minimum atomic E-state index is 0.249. The van der Waals surface area contributed by atoms with Crippen LogP contribution in [0.15, 0.2) is 0 Å². The molecule has 1 fully saturated rings. The van der Waals surface area contributed by atoms with E-state index in [1.54, 1.807) is 0 Å². The maximum Gasteiger partial charge on any atom is 0.0599 e. The molecule has 0 saturated carbocycles. The van der Waals surface area contributed by atoms with Gasteiger partial charge in [-0.2, -0.15) is 0 Å². The van der Waals surface area contributed by atoms with Crippen molar-refractivity contribution in [3.05, 3.63) is 0 Å². The van der Waals surface area contributed by atoms with Crippen LogP contribution in [0.4, 0.5) is 0 Å². The minimum Gasteiger partial charge on any atom is -0.378 e. The first kappa shape index (κ1) is 13.9. The van der Waals surface area contributed by atoms with Gasteiger partial charge in [0.25, 0.3) is 0 Å². The van der Waals surface area contributed by atoms with Gasteiger partial charge in [-0.05, 0) is 26.4 Å². The van der Waals surface area contributed by atoms with E-state index in [2.05, 4.69) is 38.0 Å². The van der Waals surface area contributed by atoms with Gasteiger partial charge in [-0.15, -0.1) is 0 Å². The Morgan fingerprint density at radius 3 is 2.50 bits per heavy atom. The molecule has 1 rings (SSSR count). The second-order valence-electron chi connectivity index (χ2n) is 5.76. The lowest BCUT2D eigenvalue weighted by atomic mass is 9.94. The maximum absolute atomic E-state index is 6.03. The predicted molar refractivity (Wildman–Crippen MR) is 68.8 cm³/mol. The molecular formula is C13H28N2O. The third-order valence-corrected chi connectivity index (χ3v) is 3.23. The molecule has 1 aliphatic heterocycles. The van der Waals surface area contributed by atoms with Crippen molar-refractivity contribution in [2.24, 2.45) is 5.41 Å². The van der Waals surface area contributed by atoms with Crippen LogP contribution in [0.2, 0.25) is 0 Å². The van der Waals surface area contributed by atoms with Gasteiger partial charge in [0.05, 0.1) is 12.7 Å². The first-order valence-corrected chi connectivity index (χ1v) is 6.54. The molecule has 3 nitrogen and oxygen atoms in total. The fourth-order valence-corrected chi connectivity index (χ4v) is 2.01. The van der Waals surface area contributed by atoms with Crippen LogP contribution in [-0.2, 0) is 4.74 Å². The summed E-state index contributed by atoms with van der Waals surface area (Å²) in [6.45, 7) is 12.0. The molecule has 0 spiro atoms. The summed E-state index contributed by atoms with van der Waals surface area (Å²) in [6, 6.07) is 0. The molecule has 0 aromatic heterocycles. The monoisotopic (exact) mass is 228 g/mol. The summed E-state index contributed by atoms with van der Waals surface area (Å²) >= 11 is 0. The lowest BCUT2D eigenvalue weighted by Crippen LogP contribution is -2.38. The van der Waals surface area contributed by atoms with Crippen LogP contribution in [0.1, 0.15) is 33.6 Å². The highest BCUT2D eigenvalue weighted by Gasteiger charge is 2.22. The van der Waals surface area contributed by atoms with Gasteiger partial charge in [0.2, 0.25) is 0 Å². The van der Waals surface area contributed by atoms with E-state index >= 15 is 0 Å². The van der Waals surface area contributed by atoms with Gasteiger partial charge in [0.1, 0.15) is 0 Å². The molecule has 3 heteroatoms. The molecule has 0 radical (unpaired) electrons. The number of rotatable bonds is 6. The average Bonchev–Trinajstić information content (AvgIpc) is 2.26. The highest BCUT2D eigenvalue weighted by Crippen LogP contribution is 2.19. The Morgan fingerprint density at radius 1 is 1.31 bits per heavy atom. The zero-order valence-corrected chi connectivity index (χ0v) is 11.4. The van der Waals surface area contributed by atoms with Crippen molar-refractivity contribution in [3.8, 4) is 0 Å². The summed E-state index contributed by atoms with van der Waals surface area (Å²) in [5.74, 6) is 0. The highest BCUT2D eigenvalue weighted by molar-refractivity contribution is 4.74. The van der Waals surface area contributed by atoms with E-state index in [1.165, 1.54) is 25.9 Å². The Bertz CT molecular complexity index is 186. The number of hydrogen-bond donors (Lipinski definition) is 1. The van der Waals surface area contributed by atoms with E-state index in [4.69, 9.17) is 4.74 Å². The molecule has 0 aromatic carbocycles. The largest absolute Gasteiger partial charge is 0.378 e. The van der Waals surface area contributed by atoms with Crippen molar-refractivity contribution >= 4 is 0 Å². The molecular weight excluding hydrogens is 200 g/mol. The molecule has 0 atom stereocenters. The number of hydrogen-bond acceptors (Lipinski definition) is 3. The van der Waals surface area contributed by atoms with E-state index < -0.39 is 0 Å². The second-order valence-corrected chi connectivity index (χ2v) is 5.76. The summed E-state index contributed by atoms with van der Waals surface area (Å²) in [7, 11) is 2.19. The van der Waals surface area contributed by atoms with Crippen molar-refractivity contribution in [1.82, 2.24) is 10.2 Å². The van der Waals surface area contributed by atoms with Gasteiger partial charge >= 0.3 is 0 Å². The maximum atomic E-state index is 6.03. The summed E-state index contributed by atoms with van der Waals surface area (Å²) in [5.41, 5.74) is 0.249. The van der Waals surface area contributed by atoms with Gasteiger partial charge < -0.3 is 15.0 Å². The van der Waals surface area contributed by atoms with E-state index in [0.717, 1.165) is 19.7 Å². The standard InChI is InChI=1S/C13H28N2O/c1-5-14-10-13(2,3)11-16-12-6-8-15(4)9-7-12/h12,14H,5-11H2,1-4H3. The number of piperidine rings is 1. The fraction of sp³-hybridized carbons (Fsp3) is 1.00. The molecule has 1 saturated heterocycles. The van der Waals surface area contributed by atoms with Gasteiger partial charge in [-0.25, -0.2) is 0 Å². The van der Waals surface area contributed by atoms with Crippen molar-refractivity contribution in [2.45, 2.75) is 39.7 Å². The molecule has 0 amide bonds. The average molecular weight is 228 g/mol. The molecule has 0 aromatic rings. The summed E-state index contributed by atoms with van der Waals surface area (Å²) in [5, 5.41) is 3.40. The number of ether oxygens (including phenoxy) is 1. The Kier molecular flexibility index (Phi) is 5.73. The molecule has 0 unspecified atom stereocenters. The van der Waals surface area contributed by atoms with Crippen LogP contribution in [0.5, 0.6) is 0 Å². The third-order valence-electron chi connectivity index (χ3n) is 3.23. The zero-order chi connectivity index (χ0) is 12.0. The van der Waals surface area contributed by atoms with E-state index in [9.17, 15) is 0 Å². The van der Waals surface area contributed by atoms with Crippen molar-refractivity contribution in [1.29, 1.82) is 0 Å². The van der Waals surface area contributed by atoms with Crippen LogP contribution >= 0.6 is 0 Å². The van der Waals surface area contributed by atoms with Gasteiger partial charge in [0, 0.05) is 25.0 Å². The van der Waals surface area contributed by atoms with E-state index in [-0.39, 0.29) is 5.41 Å². The Balaban J connectivity index is 2.17. The van der Waals surface area contributed by atoms with Gasteiger partial charge in [-0.3, -0.25) is 0 Å². The molecule has 96 valence electrons. The molecule has 1 aliphatic rings. The lowest BCUT2D eigenvalue weighted by Gasteiger charge is -2.32. The Hall–Kier alpha value is -0.120. The molecule has 0 bridgehead atoms. The van der Waals surface area contributed by atoms with Crippen LogP contribution < -0.4 is 5.32 Å². The Morgan fingerprint density at radius 2 is 1.94 bits per heavy atom. The summed E-state index contributed by atoms with van der Waals surface area (Å²) < 4.78 is 6.03. The van der Waals surface area contributed by atoms with Crippen LogP contribution in [0.3, 0.4) is 0 Å². The van der Waals surface area contributed by atoms with Gasteiger partial charge in [0.15, 0.2) is 0 Å². The first-order chi connectivity index (χ1) is 7.53. The van der Waals surface area contributed by atoms with Gasteiger partial charge in [-0.1, -0.05) is 20.8 Å². The van der Waals surface area contributed by atoms with Crippen molar-refractivity contribution in [2.75, 3.05) is 39.8 Å². The minimum absolute atomic E-state index is 0.249. The normalized spacial score (nSPS) is 20.2. The number of nitrogens with zero attached hydrogens (tertiary/aromatic N) is 1. The zero-order valence-electron chi connectivity index (χ0n) is 11.4. The van der Waals surface area contributed by atoms with E-state index in [0.29, 0.717) is 6.10 Å². The predicted octanol–water partition coefficient (Wildman–Crippen LogP) is 1.73. The summed E-state index contributed by atoms with van der Waals surface area (Å²) in [6.07, 6.45) is 2.86. The summed E-state index contributed by atoms with van der Waals surface area (Å²) in [4.78, 5) is 2.38. The number of nitrogens with one attached hydrogen (secondary N) is 1. The molecule has 1 heterocycles. The number of likely N-dealkylation sites (tertiary alicyclic amines) is 1. The molecule has 1 N–H and O–H groups in total. The third kappa shape index (κ3) is 5.28. The Labute approximate surface area is 101 Å². The fourth-order valence-electron chi connectivity index (χ4n) is 2.01. The smallest absolute Gasteiger partial charge is 0.0599 e. The van der Waals surface area contributed by atoms with Crippen LogP contribution in [0.25, 0.3) is 0 Å². The SMILES string of the molecule is CCNCC(C)(C)COC1CCN(C)CC1.